The number of ether oxygens (including phenoxy) is 4. The van der Waals surface area contributed by atoms with Gasteiger partial charge in [-0.1, -0.05) is 6.92 Å². The fourth-order valence-corrected chi connectivity index (χ4v) is 2.62. The Morgan fingerprint density at radius 2 is 1.48 bits per heavy atom. The fourth-order valence-electron chi connectivity index (χ4n) is 2.62. The first-order valence-electron chi connectivity index (χ1n) is 10.2. The monoisotopic (exact) mass is 391 g/mol. The molecule has 1 aliphatic rings. The second kappa shape index (κ2) is 16.2. The molecule has 8 heteroatoms. The molecule has 27 heavy (non-hydrogen) atoms. The molecule has 1 amide bonds. The van der Waals surface area contributed by atoms with E-state index < -0.39 is 0 Å². The van der Waals surface area contributed by atoms with Crippen LogP contribution in [0.25, 0.3) is 0 Å². The molecule has 0 saturated carbocycles. The van der Waals surface area contributed by atoms with Crippen molar-refractivity contribution < 1.29 is 25.2 Å². The number of carbonyl (C=O) groups excluding carboxylic acids is 1. The molecule has 1 N–H and O–H groups in total. The molecule has 1 fully saturated rings. The zero-order valence-corrected chi connectivity index (χ0v) is 17.4. The van der Waals surface area contributed by atoms with Gasteiger partial charge in [-0.25, -0.2) is 0 Å². The maximum atomic E-state index is 11.4. The van der Waals surface area contributed by atoms with E-state index in [-0.39, 0.29) is 20.0 Å². The van der Waals surface area contributed by atoms with Gasteiger partial charge in [-0.15, -0.1) is 0 Å². The van der Waals surface area contributed by atoms with E-state index in [2.05, 4.69) is 22.0 Å². The molecule has 8 nitrogen and oxygen atoms in total. The van der Waals surface area contributed by atoms with Gasteiger partial charge in [-0.2, -0.15) is 0 Å². The Hall–Kier alpha value is -0.770. The van der Waals surface area contributed by atoms with E-state index in [9.17, 15) is 4.79 Å². The summed E-state index contributed by atoms with van der Waals surface area (Å²) >= 11 is 0. The van der Waals surface area contributed by atoms with Crippen molar-refractivity contribution in [1.82, 2.24) is 15.1 Å². The average molecular weight is 392 g/mol. The molecule has 0 aromatic rings. The minimum atomic E-state index is -0.118. The lowest BCUT2D eigenvalue weighted by Gasteiger charge is -2.33. The van der Waals surface area contributed by atoms with Gasteiger partial charge in [0.2, 0.25) is 5.91 Å². The summed E-state index contributed by atoms with van der Waals surface area (Å²) in [5, 5.41) is 2.74. The SMILES string of the molecule is CCN1CCN(CCOCCOCCOCCNC(=O)COC(C)C)CC1.[HH]. The van der Waals surface area contributed by atoms with Crippen molar-refractivity contribution in [2.24, 2.45) is 0 Å². The molecule has 1 heterocycles. The van der Waals surface area contributed by atoms with Gasteiger partial charge in [-0.05, 0) is 20.4 Å². The fraction of sp³-hybridized carbons (Fsp3) is 0.947. The highest BCUT2D eigenvalue weighted by molar-refractivity contribution is 5.77. The zero-order chi connectivity index (χ0) is 19.7. The van der Waals surface area contributed by atoms with Gasteiger partial charge in [0, 0.05) is 40.7 Å². The van der Waals surface area contributed by atoms with E-state index in [1.54, 1.807) is 0 Å². The average Bonchev–Trinajstić information content (AvgIpc) is 2.67. The summed E-state index contributed by atoms with van der Waals surface area (Å²) in [5.41, 5.74) is 0. The van der Waals surface area contributed by atoms with Crippen LogP contribution < -0.4 is 5.32 Å². The van der Waals surface area contributed by atoms with Gasteiger partial charge in [-0.3, -0.25) is 9.69 Å². The Morgan fingerprint density at radius 3 is 2.07 bits per heavy atom. The second-order valence-corrected chi connectivity index (χ2v) is 6.82. The number of nitrogens with one attached hydrogen (secondary N) is 1. The smallest absolute Gasteiger partial charge is 0.246 e. The molecule has 0 bridgehead atoms. The molecule has 0 aliphatic carbocycles. The number of rotatable bonds is 16. The third-order valence-electron chi connectivity index (χ3n) is 4.32. The topological polar surface area (TPSA) is 72.5 Å². The van der Waals surface area contributed by atoms with Crippen LogP contribution in [0.2, 0.25) is 0 Å². The normalized spacial score (nSPS) is 16.1. The highest BCUT2D eigenvalue weighted by atomic mass is 16.5. The summed E-state index contributed by atoms with van der Waals surface area (Å²) in [6.07, 6.45) is 0.0599. The Labute approximate surface area is 165 Å². The lowest BCUT2D eigenvalue weighted by Crippen LogP contribution is -2.47. The number of carbonyl (C=O) groups is 1. The van der Waals surface area contributed by atoms with E-state index >= 15 is 0 Å². The molecular weight excluding hydrogens is 350 g/mol. The van der Waals surface area contributed by atoms with E-state index in [4.69, 9.17) is 18.9 Å². The lowest BCUT2D eigenvalue weighted by molar-refractivity contribution is -0.127. The minimum absolute atomic E-state index is 0. The largest absolute Gasteiger partial charge is 0.378 e. The van der Waals surface area contributed by atoms with E-state index in [1.165, 1.54) is 0 Å². The highest BCUT2D eigenvalue weighted by Crippen LogP contribution is 2.00. The second-order valence-electron chi connectivity index (χ2n) is 6.82. The zero-order valence-electron chi connectivity index (χ0n) is 17.4. The van der Waals surface area contributed by atoms with Crippen LogP contribution in [0.1, 0.15) is 22.2 Å². The summed E-state index contributed by atoms with van der Waals surface area (Å²) < 4.78 is 21.7. The molecule has 162 valence electrons. The van der Waals surface area contributed by atoms with Crippen molar-refractivity contribution in [3.63, 3.8) is 0 Å². The predicted octanol–water partition coefficient (Wildman–Crippen LogP) is 0.461. The molecule has 0 atom stereocenters. The number of likely N-dealkylation sites (N-methyl/N-ethyl adjacent to an activating group) is 1. The van der Waals surface area contributed by atoms with Crippen LogP contribution in [0, 0.1) is 0 Å². The number of amides is 1. The Balaban J connectivity index is 0.00000729. The quantitative estimate of drug-likeness (QED) is 0.383. The van der Waals surface area contributed by atoms with Crippen LogP contribution in [0.5, 0.6) is 0 Å². The molecular formula is C19H41N3O5. The van der Waals surface area contributed by atoms with Gasteiger partial charge in [0.15, 0.2) is 0 Å². The number of nitrogens with zero attached hydrogens (tertiary/aromatic N) is 2. The van der Waals surface area contributed by atoms with Crippen LogP contribution in [-0.2, 0) is 23.7 Å². The van der Waals surface area contributed by atoms with Crippen LogP contribution in [-0.4, -0.2) is 114 Å². The van der Waals surface area contributed by atoms with Crippen molar-refractivity contribution >= 4 is 5.91 Å². The summed E-state index contributed by atoms with van der Waals surface area (Å²) in [7, 11) is 0. The van der Waals surface area contributed by atoms with E-state index in [0.29, 0.717) is 39.6 Å². The Bertz CT molecular complexity index is 369. The summed E-state index contributed by atoms with van der Waals surface area (Å²) in [6, 6.07) is 0. The first kappa shape index (κ1) is 24.3. The number of hydrogen-bond acceptors (Lipinski definition) is 7. The summed E-state index contributed by atoms with van der Waals surface area (Å²) in [5.74, 6) is -0.118. The van der Waals surface area contributed by atoms with Crippen molar-refractivity contribution in [3.05, 3.63) is 0 Å². The molecule has 0 aromatic heterocycles. The molecule has 1 saturated heterocycles. The van der Waals surface area contributed by atoms with Crippen LogP contribution in [0.3, 0.4) is 0 Å². The van der Waals surface area contributed by atoms with Gasteiger partial charge >= 0.3 is 0 Å². The van der Waals surface area contributed by atoms with Crippen molar-refractivity contribution in [2.75, 3.05) is 92.1 Å². The van der Waals surface area contributed by atoms with Crippen molar-refractivity contribution in [1.29, 1.82) is 0 Å². The Kier molecular flexibility index (Phi) is 14.6. The van der Waals surface area contributed by atoms with Gasteiger partial charge in [0.05, 0.1) is 45.7 Å². The van der Waals surface area contributed by atoms with Crippen LogP contribution in [0.15, 0.2) is 0 Å². The van der Waals surface area contributed by atoms with Gasteiger partial charge < -0.3 is 29.2 Å². The molecule has 0 spiro atoms. The lowest BCUT2D eigenvalue weighted by atomic mass is 10.3. The number of piperazine rings is 1. The van der Waals surface area contributed by atoms with Gasteiger partial charge in [0.1, 0.15) is 6.61 Å². The predicted molar refractivity (Wildman–Crippen MR) is 107 cm³/mol. The molecule has 0 aromatic carbocycles. The van der Waals surface area contributed by atoms with Crippen LogP contribution in [0.4, 0.5) is 0 Å². The maximum absolute atomic E-state index is 11.4. The first-order chi connectivity index (χ1) is 13.1. The summed E-state index contributed by atoms with van der Waals surface area (Å²) in [6.45, 7) is 16.8. The Morgan fingerprint density at radius 1 is 0.926 bits per heavy atom. The summed E-state index contributed by atoms with van der Waals surface area (Å²) in [4.78, 5) is 16.3. The molecule has 1 aliphatic heterocycles. The standard InChI is InChI=1S/C19H39N3O5.H2/c1-4-21-6-8-22(9-7-21)10-12-25-14-16-26-15-13-24-11-5-20-19(23)17-27-18(2)3;/h18H,4-17H2,1-3H3,(H,20,23);1H. The van der Waals surface area contributed by atoms with Crippen molar-refractivity contribution in [3.8, 4) is 0 Å². The minimum Gasteiger partial charge on any atom is -0.378 e. The van der Waals surface area contributed by atoms with E-state index in [1.807, 2.05) is 13.8 Å². The third kappa shape index (κ3) is 14.0. The van der Waals surface area contributed by atoms with Gasteiger partial charge in [0.25, 0.3) is 0 Å². The molecule has 0 radical (unpaired) electrons. The third-order valence-corrected chi connectivity index (χ3v) is 4.32. The maximum Gasteiger partial charge on any atom is 0.246 e. The van der Waals surface area contributed by atoms with Crippen LogP contribution >= 0.6 is 0 Å². The van der Waals surface area contributed by atoms with Crippen molar-refractivity contribution in [2.45, 2.75) is 26.9 Å². The van der Waals surface area contributed by atoms with E-state index in [0.717, 1.165) is 45.9 Å². The molecule has 0 unspecified atom stereocenters. The first-order valence-corrected chi connectivity index (χ1v) is 10.2. The molecule has 1 rings (SSSR count). The highest BCUT2D eigenvalue weighted by Gasteiger charge is 2.14. The number of hydrogen-bond donors (Lipinski definition) is 1.